The molecule has 1 heteroatoms. The minimum absolute atomic E-state index is 1.21. The predicted octanol–water partition coefficient (Wildman–Crippen LogP) is 7.30. The summed E-state index contributed by atoms with van der Waals surface area (Å²) in [7, 11) is 0. The Kier molecular flexibility index (Phi) is 8.31. The molecule has 0 bridgehead atoms. The van der Waals surface area contributed by atoms with Crippen LogP contribution in [0.5, 0.6) is 0 Å². The van der Waals surface area contributed by atoms with E-state index in [1.807, 2.05) is 11.8 Å². The largest absolute Gasteiger partial charge is 0.0901 e. The van der Waals surface area contributed by atoms with Crippen LogP contribution in [0.1, 0.15) is 63.5 Å². The van der Waals surface area contributed by atoms with Crippen molar-refractivity contribution in [3.63, 3.8) is 0 Å². The van der Waals surface area contributed by atoms with Crippen molar-refractivity contribution in [2.24, 2.45) is 0 Å². The molecule has 0 unspecified atom stereocenters. The van der Waals surface area contributed by atoms with Crippen LogP contribution in [0.25, 0.3) is 0 Å². The molecule has 124 valence electrons. The van der Waals surface area contributed by atoms with E-state index in [0.29, 0.717) is 0 Å². The summed E-state index contributed by atoms with van der Waals surface area (Å²) in [6.07, 6.45) is 10.3. The van der Waals surface area contributed by atoms with E-state index >= 15 is 0 Å². The van der Waals surface area contributed by atoms with Gasteiger partial charge in [0.1, 0.15) is 0 Å². The molecule has 2 aromatic rings. The molecule has 2 aromatic carbocycles. The van der Waals surface area contributed by atoms with Gasteiger partial charge in [-0.05, 0) is 61.1 Å². The maximum absolute atomic E-state index is 2.29. The van der Waals surface area contributed by atoms with Gasteiger partial charge in [-0.15, -0.1) is 0 Å². The van der Waals surface area contributed by atoms with Crippen molar-refractivity contribution in [2.45, 2.75) is 75.0 Å². The second-order valence-corrected chi connectivity index (χ2v) is 7.45. The molecule has 0 aliphatic carbocycles. The van der Waals surface area contributed by atoms with Gasteiger partial charge in [0.05, 0.1) is 0 Å². The summed E-state index contributed by atoms with van der Waals surface area (Å²) < 4.78 is 0. The molecule has 0 aliphatic rings. The van der Waals surface area contributed by atoms with E-state index < -0.39 is 0 Å². The van der Waals surface area contributed by atoms with Crippen LogP contribution >= 0.6 is 11.8 Å². The molecule has 0 aromatic heterocycles. The lowest BCUT2D eigenvalue weighted by atomic mass is 10.1. The predicted molar refractivity (Wildman–Crippen MR) is 103 cm³/mol. The third kappa shape index (κ3) is 6.83. The van der Waals surface area contributed by atoms with Crippen molar-refractivity contribution in [3.8, 4) is 0 Å². The van der Waals surface area contributed by atoms with Crippen LogP contribution < -0.4 is 0 Å². The highest BCUT2D eigenvalue weighted by atomic mass is 32.2. The fraction of sp³-hybridized carbons (Fsp3) is 0.455. The van der Waals surface area contributed by atoms with E-state index in [1.54, 1.807) is 0 Å². The van der Waals surface area contributed by atoms with Gasteiger partial charge < -0.3 is 0 Å². The molecule has 23 heavy (non-hydrogen) atoms. The molecule has 0 amide bonds. The van der Waals surface area contributed by atoms with E-state index in [9.17, 15) is 0 Å². The summed E-state index contributed by atoms with van der Waals surface area (Å²) >= 11 is 1.86. The van der Waals surface area contributed by atoms with E-state index in [2.05, 4.69) is 62.4 Å². The lowest BCUT2D eigenvalue weighted by Crippen LogP contribution is -1.86. The monoisotopic (exact) mass is 326 g/mol. The Morgan fingerprint density at radius 3 is 1.30 bits per heavy atom. The maximum Gasteiger partial charge on any atom is 0.0122 e. The second kappa shape index (κ2) is 10.5. The second-order valence-electron chi connectivity index (χ2n) is 6.30. The van der Waals surface area contributed by atoms with Gasteiger partial charge in [0, 0.05) is 9.79 Å². The Hall–Kier alpha value is -1.21. The average molecular weight is 327 g/mol. The minimum atomic E-state index is 1.21. The molecule has 0 heterocycles. The number of rotatable bonds is 10. The Balaban J connectivity index is 1.84. The topological polar surface area (TPSA) is 0 Å². The van der Waals surface area contributed by atoms with E-state index in [0.717, 1.165) is 0 Å². The van der Waals surface area contributed by atoms with Crippen LogP contribution in [0.4, 0.5) is 0 Å². The van der Waals surface area contributed by atoms with Crippen molar-refractivity contribution in [3.05, 3.63) is 59.7 Å². The highest BCUT2D eigenvalue weighted by molar-refractivity contribution is 7.99. The van der Waals surface area contributed by atoms with Crippen LogP contribution in [-0.2, 0) is 12.8 Å². The Labute approximate surface area is 146 Å². The van der Waals surface area contributed by atoms with Crippen molar-refractivity contribution in [2.75, 3.05) is 0 Å². The number of hydrogen-bond acceptors (Lipinski definition) is 1. The lowest BCUT2D eigenvalue weighted by Gasteiger charge is -2.06. The summed E-state index contributed by atoms with van der Waals surface area (Å²) in [5.74, 6) is 0. The van der Waals surface area contributed by atoms with Crippen molar-refractivity contribution in [1.82, 2.24) is 0 Å². The van der Waals surface area contributed by atoms with Gasteiger partial charge >= 0.3 is 0 Å². The Morgan fingerprint density at radius 2 is 0.957 bits per heavy atom. The molecular weight excluding hydrogens is 296 g/mol. The molecule has 0 saturated heterocycles. The number of benzene rings is 2. The summed E-state index contributed by atoms with van der Waals surface area (Å²) in [6, 6.07) is 18.2. The van der Waals surface area contributed by atoms with Crippen molar-refractivity contribution in [1.29, 1.82) is 0 Å². The standard InChI is InChI=1S/C22H30S/c1-3-5-7-9-19-11-15-21(16-12-19)23-22-17-13-20(14-18-22)10-8-6-4-2/h11-18H,3-10H2,1-2H3. The zero-order valence-corrected chi connectivity index (χ0v) is 15.5. The quantitative estimate of drug-likeness (QED) is 0.413. The minimum Gasteiger partial charge on any atom is -0.0901 e. The zero-order valence-electron chi connectivity index (χ0n) is 14.7. The van der Waals surface area contributed by atoms with E-state index in [-0.39, 0.29) is 0 Å². The summed E-state index contributed by atoms with van der Waals surface area (Å²) in [6.45, 7) is 4.52. The molecule has 2 rings (SSSR count). The molecule has 0 spiro atoms. The maximum atomic E-state index is 2.29. The van der Waals surface area contributed by atoms with Crippen LogP contribution in [0.2, 0.25) is 0 Å². The van der Waals surface area contributed by atoms with Gasteiger partial charge in [0.25, 0.3) is 0 Å². The highest BCUT2D eigenvalue weighted by Crippen LogP contribution is 2.28. The third-order valence-corrected chi connectivity index (χ3v) is 5.24. The first-order chi connectivity index (χ1) is 11.3. The molecule has 0 fully saturated rings. The SMILES string of the molecule is CCCCCc1ccc(Sc2ccc(CCCCC)cc2)cc1. The first kappa shape index (κ1) is 18.1. The lowest BCUT2D eigenvalue weighted by molar-refractivity contribution is 0.717. The van der Waals surface area contributed by atoms with E-state index in [4.69, 9.17) is 0 Å². The molecule has 0 nitrogen and oxygen atoms in total. The molecule has 0 N–H and O–H groups in total. The van der Waals surface area contributed by atoms with Gasteiger partial charge in [-0.1, -0.05) is 75.6 Å². The fourth-order valence-electron chi connectivity index (χ4n) is 2.74. The molecule has 0 saturated carbocycles. The molecule has 0 aliphatic heterocycles. The van der Waals surface area contributed by atoms with Crippen LogP contribution in [0, 0.1) is 0 Å². The van der Waals surface area contributed by atoms with Gasteiger partial charge in [0.15, 0.2) is 0 Å². The zero-order chi connectivity index (χ0) is 16.3. The van der Waals surface area contributed by atoms with Crippen LogP contribution in [0.3, 0.4) is 0 Å². The van der Waals surface area contributed by atoms with Crippen LogP contribution in [0.15, 0.2) is 58.3 Å². The summed E-state index contributed by atoms with van der Waals surface area (Å²) in [5, 5.41) is 0. The number of hydrogen-bond donors (Lipinski definition) is 0. The van der Waals surface area contributed by atoms with Gasteiger partial charge in [-0.25, -0.2) is 0 Å². The third-order valence-electron chi connectivity index (χ3n) is 4.22. The van der Waals surface area contributed by atoms with E-state index in [1.165, 1.54) is 72.3 Å². The smallest absolute Gasteiger partial charge is 0.0122 e. The van der Waals surface area contributed by atoms with Gasteiger partial charge in [-0.3, -0.25) is 0 Å². The summed E-state index contributed by atoms with van der Waals surface area (Å²) in [5.41, 5.74) is 2.93. The van der Waals surface area contributed by atoms with Gasteiger partial charge in [-0.2, -0.15) is 0 Å². The first-order valence-electron chi connectivity index (χ1n) is 9.17. The average Bonchev–Trinajstić information content (AvgIpc) is 2.58. The fourth-order valence-corrected chi connectivity index (χ4v) is 3.56. The number of aryl methyl sites for hydroxylation is 2. The first-order valence-corrected chi connectivity index (χ1v) is 9.99. The highest BCUT2D eigenvalue weighted by Gasteiger charge is 2.00. The van der Waals surface area contributed by atoms with Crippen molar-refractivity contribution >= 4 is 11.8 Å². The van der Waals surface area contributed by atoms with Crippen LogP contribution in [-0.4, -0.2) is 0 Å². The molecule has 0 atom stereocenters. The Bertz CT molecular complexity index is 488. The molecular formula is C22H30S. The summed E-state index contributed by atoms with van der Waals surface area (Å²) in [4.78, 5) is 2.67. The Morgan fingerprint density at radius 1 is 0.565 bits per heavy atom. The normalized spacial score (nSPS) is 10.9. The molecule has 0 radical (unpaired) electrons. The van der Waals surface area contributed by atoms with Crippen molar-refractivity contribution < 1.29 is 0 Å². The van der Waals surface area contributed by atoms with Gasteiger partial charge in [0.2, 0.25) is 0 Å². The number of unbranched alkanes of at least 4 members (excludes halogenated alkanes) is 4.